The predicted octanol–water partition coefficient (Wildman–Crippen LogP) is 5.47. The number of carbonyl (C=O) groups is 1. The lowest BCUT2D eigenvalue weighted by molar-refractivity contribution is -0.149. The Morgan fingerprint density at radius 3 is 2.00 bits per heavy atom. The van der Waals surface area contributed by atoms with E-state index < -0.39 is 0 Å². The standard InChI is InChI=1S/C17H31ClO2/c18-14-10-5-3-1-2-4-6-11-15-20-17(19)16-12-8-7-9-13-16/h16H,1-15H2. The van der Waals surface area contributed by atoms with Crippen LogP contribution in [-0.4, -0.2) is 18.5 Å². The third-order valence-electron chi connectivity index (χ3n) is 4.21. The van der Waals surface area contributed by atoms with Crippen LogP contribution in [0.2, 0.25) is 0 Å². The third-order valence-corrected chi connectivity index (χ3v) is 4.48. The molecule has 118 valence electrons. The van der Waals surface area contributed by atoms with Gasteiger partial charge in [-0.15, -0.1) is 11.6 Å². The molecule has 0 aromatic carbocycles. The Labute approximate surface area is 129 Å². The Balaban J connectivity index is 1.83. The van der Waals surface area contributed by atoms with Gasteiger partial charge in [0.25, 0.3) is 0 Å². The molecule has 0 aliphatic heterocycles. The van der Waals surface area contributed by atoms with E-state index in [0.717, 1.165) is 31.6 Å². The molecule has 1 fully saturated rings. The summed E-state index contributed by atoms with van der Waals surface area (Å²) in [6, 6.07) is 0. The molecule has 3 heteroatoms. The maximum atomic E-state index is 11.8. The summed E-state index contributed by atoms with van der Waals surface area (Å²) in [5.41, 5.74) is 0. The number of unbranched alkanes of at least 4 members (excludes halogenated alkanes) is 7. The molecule has 0 aromatic rings. The highest BCUT2D eigenvalue weighted by atomic mass is 35.5. The molecule has 2 nitrogen and oxygen atoms in total. The molecular formula is C17H31ClO2. The van der Waals surface area contributed by atoms with Crippen molar-refractivity contribution in [3.8, 4) is 0 Å². The highest BCUT2D eigenvalue weighted by molar-refractivity contribution is 6.17. The van der Waals surface area contributed by atoms with Crippen molar-refractivity contribution in [3.63, 3.8) is 0 Å². The first-order chi connectivity index (χ1) is 9.84. The van der Waals surface area contributed by atoms with Crippen LogP contribution in [0.1, 0.15) is 83.5 Å². The summed E-state index contributed by atoms with van der Waals surface area (Å²) in [7, 11) is 0. The lowest BCUT2D eigenvalue weighted by Crippen LogP contribution is -2.20. The van der Waals surface area contributed by atoms with E-state index in [1.54, 1.807) is 0 Å². The van der Waals surface area contributed by atoms with Crippen LogP contribution < -0.4 is 0 Å². The summed E-state index contributed by atoms with van der Waals surface area (Å²) >= 11 is 5.64. The number of halogens is 1. The number of esters is 1. The van der Waals surface area contributed by atoms with Crippen LogP contribution in [0.25, 0.3) is 0 Å². The minimum atomic E-state index is 0.0609. The Kier molecular flexibility index (Phi) is 11.1. The van der Waals surface area contributed by atoms with E-state index in [-0.39, 0.29) is 11.9 Å². The Bertz CT molecular complexity index is 237. The number of hydrogen-bond acceptors (Lipinski definition) is 2. The maximum Gasteiger partial charge on any atom is 0.308 e. The van der Waals surface area contributed by atoms with Crippen molar-refractivity contribution in [2.45, 2.75) is 83.5 Å². The van der Waals surface area contributed by atoms with Crippen LogP contribution in [0.15, 0.2) is 0 Å². The van der Waals surface area contributed by atoms with Gasteiger partial charge in [0, 0.05) is 5.88 Å². The summed E-state index contributed by atoms with van der Waals surface area (Å²) in [6.07, 6.45) is 15.6. The second-order valence-electron chi connectivity index (χ2n) is 6.02. The molecule has 1 saturated carbocycles. The van der Waals surface area contributed by atoms with Gasteiger partial charge in [-0.25, -0.2) is 0 Å². The summed E-state index contributed by atoms with van der Waals surface area (Å²) in [5.74, 6) is 1.06. The zero-order chi connectivity index (χ0) is 14.5. The van der Waals surface area contributed by atoms with E-state index in [4.69, 9.17) is 16.3 Å². The largest absolute Gasteiger partial charge is 0.465 e. The van der Waals surface area contributed by atoms with Gasteiger partial charge in [-0.05, 0) is 25.7 Å². The van der Waals surface area contributed by atoms with Gasteiger partial charge in [-0.2, -0.15) is 0 Å². The highest BCUT2D eigenvalue weighted by Gasteiger charge is 2.21. The molecule has 0 bridgehead atoms. The summed E-state index contributed by atoms with van der Waals surface area (Å²) in [5, 5.41) is 0. The van der Waals surface area contributed by atoms with Gasteiger partial charge in [-0.3, -0.25) is 4.79 Å². The monoisotopic (exact) mass is 302 g/mol. The number of carbonyl (C=O) groups excluding carboxylic acids is 1. The first-order valence-electron chi connectivity index (χ1n) is 8.57. The fourth-order valence-electron chi connectivity index (χ4n) is 2.89. The van der Waals surface area contributed by atoms with E-state index in [0.29, 0.717) is 6.61 Å². The van der Waals surface area contributed by atoms with Crippen molar-refractivity contribution < 1.29 is 9.53 Å². The van der Waals surface area contributed by atoms with Crippen LogP contribution in [0, 0.1) is 5.92 Å². The summed E-state index contributed by atoms with van der Waals surface area (Å²) < 4.78 is 5.39. The normalized spacial score (nSPS) is 16.2. The van der Waals surface area contributed by atoms with Crippen LogP contribution in [0.4, 0.5) is 0 Å². The summed E-state index contributed by atoms with van der Waals surface area (Å²) in [6.45, 7) is 0.627. The smallest absolute Gasteiger partial charge is 0.308 e. The molecule has 0 aromatic heterocycles. The molecule has 0 radical (unpaired) electrons. The van der Waals surface area contributed by atoms with Gasteiger partial charge < -0.3 is 4.74 Å². The van der Waals surface area contributed by atoms with E-state index >= 15 is 0 Å². The average molecular weight is 303 g/mol. The molecule has 20 heavy (non-hydrogen) atoms. The minimum Gasteiger partial charge on any atom is -0.465 e. The molecule has 0 unspecified atom stereocenters. The van der Waals surface area contributed by atoms with E-state index in [9.17, 15) is 4.79 Å². The fraction of sp³-hybridized carbons (Fsp3) is 0.941. The Morgan fingerprint density at radius 2 is 1.40 bits per heavy atom. The molecule has 1 aliphatic rings. The second-order valence-corrected chi connectivity index (χ2v) is 6.40. The molecule has 1 aliphatic carbocycles. The van der Waals surface area contributed by atoms with Crippen LogP contribution in [0.5, 0.6) is 0 Å². The first kappa shape index (κ1) is 17.8. The lowest BCUT2D eigenvalue weighted by Gasteiger charge is -2.19. The van der Waals surface area contributed by atoms with E-state index in [1.165, 1.54) is 57.8 Å². The van der Waals surface area contributed by atoms with Gasteiger partial charge in [0.1, 0.15) is 0 Å². The number of rotatable bonds is 11. The van der Waals surface area contributed by atoms with Crippen molar-refractivity contribution in [3.05, 3.63) is 0 Å². The SMILES string of the molecule is O=C(OCCCCCCCCCCCl)C1CCCCC1. The molecule has 0 spiro atoms. The van der Waals surface area contributed by atoms with Gasteiger partial charge in [0.2, 0.25) is 0 Å². The topological polar surface area (TPSA) is 26.3 Å². The number of hydrogen-bond donors (Lipinski definition) is 0. The Hall–Kier alpha value is -0.240. The predicted molar refractivity (Wildman–Crippen MR) is 85.2 cm³/mol. The molecule has 0 N–H and O–H groups in total. The average Bonchev–Trinajstić information content (AvgIpc) is 2.50. The molecule has 0 heterocycles. The third kappa shape index (κ3) is 8.84. The molecule has 0 saturated heterocycles. The highest BCUT2D eigenvalue weighted by Crippen LogP contribution is 2.24. The van der Waals surface area contributed by atoms with Gasteiger partial charge in [-0.1, -0.05) is 57.8 Å². The van der Waals surface area contributed by atoms with Crippen molar-refractivity contribution in [2.75, 3.05) is 12.5 Å². The van der Waals surface area contributed by atoms with Crippen molar-refractivity contribution in [1.82, 2.24) is 0 Å². The molecule has 0 atom stereocenters. The molecule has 1 rings (SSSR count). The molecular weight excluding hydrogens is 272 g/mol. The van der Waals surface area contributed by atoms with Gasteiger partial charge in [0.05, 0.1) is 12.5 Å². The van der Waals surface area contributed by atoms with Gasteiger partial charge in [0.15, 0.2) is 0 Å². The Morgan fingerprint density at radius 1 is 0.850 bits per heavy atom. The first-order valence-corrected chi connectivity index (χ1v) is 9.10. The zero-order valence-electron chi connectivity index (χ0n) is 12.9. The minimum absolute atomic E-state index is 0.0609. The number of ether oxygens (including phenoxy) is 1. The maximum absolute atomic E-state index is 11.8. The van der Waals surface area contributed by atoms with E-state index in [1.807, 2.05) is 0 Å². The van der Waals surface area contributed by atoms with E-state index in [2.05, 4.69) is 0 Å². The van der Waals surface area contributed by atoms with Crippen LogP contribution in [0.3, 0.4) is 0 Å². The van der Waals surface area contributed by atoms with Crippen LogP contribution in [-0.2, 0) is 9.53 Å². The van der Waals surface area contributed by atoms with Crippen molar-refractivity contribution >= 4 is 17.6 Å². The van der Waals surface area contributed by atoms with Crippen molar-refractivity contribution in [1.29, 1.82) is 0 Å². The quantitative estimate of drug-likeness (QED) is 0.287. The van der Waals surface area contributed by atoms with Crippen LogP contribution >= 0.6 is 11.6 Å². The number of alkyl halides is 1. The second kappa shape index (κ2) is 12.5. The van der Waals surface area contributed by atoms with Gasteiger partial charge >= 0.3 is 5.97 Å². The summed E-state index contributed by atoms with van der Waals surface area (Å²) in [4.78, 5) is 11.8. The van der Waals surface area contributed by atoms with Crippen molar-refractivity contribution in [2.24, 2.45) is 5.92 Å². The lowest BCUT2D eigenvalue weighted by atomic mass is 9.89. The zero-order valence-corrected chi connectivity index (χ0v) is 13.6. The molecule has 0 amide bonds. The fourth-order valence-corrected chi connectivity index (χ4v) is 3.08.